The fourth-order valence-electron chi connectivity index (χ4n) is 2.01. The maximum absolute atomic E-state index is 13.2. The Kier molecular flexibility index (Phi) is 4.11. The average Bonchev–Trinajstić information content (AvgIpc) is 2.99. The lowest BCUT2D eigenvalue weighted by Gasteiger charge is -2.02. The van der Waals surface area contributed by atoms with Crippen molar-refractivity contribution in [2.45, 2.75) is 10.6 Å². The highest BCUT2D eigenvalue weighted by Crippen LogP contribution is 2.16. The molecule has 0 spiro atoms. The third-order valence-electron chi connectivity index (χ3n) is 3.11. The van der Waals surface area contributed by atoms with Crippen LogP contribution in [0.1, 0.15) is 5.56 Å². The summed E-state index contributed by atoms with van der Waals surface area (Å²) in [7, 11) is -1.46. The third-order valence-corrected chi connectivity index (χ3v) is 4.48. The average molecular weight is 318 g/mol. The molecule has 22 heavy (non-hydrogen) atoms. The molecule has 0 saturated heterocycles. The fraction of sp³-hybridized carbons (Fsp3) is 0.0625. The molecule has 3 nitrogen and oxygen atoms in total. The van der Waals surface area contributed by atoms with Crippen LogP contribution < -0.4 is 0 Å². The highest BCUT2D eigenvalue weighted by molar-refractivity contribution is 7.84. The van der Waals surface area contributed by atoms with Crippen molar-refractivity contribution in [3.05, 3.63) is 78.1 Å². The SMILES string of the molecule is O=[S@](Cc1cnn(-c2ccccc2)c1)c1ccc(F)c(F)c1. The molecule has 0 N–H and O–H groups in total. The van der Waals surface area contributed by atoms with Gasteiger partial charge in [-0.2, -0.15) is 5.10 Å². The van der Waals surface area contributed by atoms with Crippen molar-refractivity contribution in [3.8, 4) is 5.69 Å². The van der Waals surface area contributed by atoms with E-state index in [4.69, 9.17) is 0 Å². The minimum Gasteiger partial charge on any atom is -0.254 e. The Bertz CT molecular complexity index is 818. The Morgan fingerprint density at radius 2 is 1.82 bits per heavy atom. The highest BCUT2D eigenvalue weighted by atomic mass is 32.2. The summed E-state index contributed by atoms with van der Waals surface area (Å²) in [5.41, 5.74) is 1.65. The standard InChI is InChI=1S/C16H12F2N2OS/c17-15-7-6-14(8-16(15)18)22(21)11-12-9-19-20(10-12)13-4-2-1-3-5-13/h1-10H,11H2/t22-/m1/s1. The molecule has 3 aromatic rings. The Balaban J connectivity index is 1.77. The van der Waals surface area contributed by atoms with Crippen molar-refractivity contribution < 1.29 is 13.0 Å². The molecule has 1 aromatic heterocycles. The summed E-state index contributed by atoms with van der Waals surface area (Å²) in [6.07, 6.45) is 3.39. The fourth-order valence-corrected chi connectivity index (χ4v) is 3.08. The summed E-state index contributed by atoms with van der Waals surface area (Å²) in [4.78, 5) is 0.256. The van der Waals surface area contributed by atoms with Crippen LogP contribution in [0, 0.1) is 11.6 Å². The monoisotopic (exact) mass is 318 g/mol. The highest BCUT2D eigenvalue weighted by Gasteiger charge is 2.10. The maximum atomic E-state index is 13.2. The largest absolute Gasteiger partial charge is 0.254 e. The van der Waals surface area contributed by atoms with Crippen LogP contribution in [-0.4, -0.2) is 14.0 Å². The third kappa shape index (κ3) is 3.12. The van der Waals surface area contributed by atoms with Crippen molar-refractivity contribution in [2.24, 2.45) is 0 Å². The van der Waals surface area contributed by atoms with Crippen molar-refractivity contribution in [3.63, 3.8) is 0 Å². The van der Waals surface area contributed by atoms with E-state index in [1.807, 2.05) is 30.3 Å². The normalized spacial score (nSPS) is 12.3. The first-order valence-corrected chi connectivity index (χ1v) is 7.88. The molecule has 0 radical (unpaired) electrons. The first-order valence-electron chi connectivity index (χ1n) is 6.56. The van der Waals surface area contributed by atoms with Crippen LogP contribution in [0.25, 0.3) is 5.69 Å². The summed E-state index contributed by atoms with van der Waals surface area (Å²) < 4.78 is 40.0. The lowest BCUT2D eigenvalue weighted by molar-refractivity contribution is 0.505. The van der Waals surface area contributed by atoms with E-state index in [2.05, 4.69) is 5.10 Å². The molecule has 0 aliphatic rings. The van der Waals surface area contributed by atoms with E-state index in [-0.39, 0.29) is 10.6 Å². The molecule has 3 rings (SSSR count). The molecule has 0 aliphatic carbocycles. The zero-order chi connectivity index (χ0) is 15.5. The molecule has 2 aromatic carbocycles. The van der Waals surface area contributed by atoms with Crippen LogP contribution in [0.3, 0.4) is 0 Å². The smallest absolute Gasteiger partial charge is 0.160 e. The Morgan fingerprint density at radius 1 is 1.05 bits per heavy atom. The topological polar surface area (TPSA) is 34.9 Å². The molecule has 0 aliphatic heterocycles. The Hall–Kier alpha value is -2.34. The van der Waals surface area contributed by atoms with Crippen LogP contribution >= 0.6 is 0 Å². The van der Waals surface area contributed by atoms with Crippen molar-refractivity contribution >= 4 is 10.8 Å². The number of para-hydroxylation sites is 1. The van der Waals surface area contributed by atoms with Gasteiger partial charge in [-0.1, -0.05) is 18.2 Å². The van der Waals surface area contributed by atoms with Crippen LogP contribution in [0.5, 0.6) is 0 Å². The molecule has 0 amide bonds. The molecule has 112 valence electrons. The van der Waals surface area contributed by atoms with Crippen LogP contribution in [0.4, 0.5) is 8.78 Å². The van der Waals surface area contributed by atoms with E-state index in [0.717, 1.165) is 23.4 Å². The summed E-state index contributed by atoms with van der Waals surface area (Å²) in [6, 6.07) is 12.8. The predicted molar refractivity (Wildman–Crippen MR) is 80.0 cm³/mol. The van der Waals surface area contributed by atoms with Gasteiger partial charge in [-0.15, -0.1) is 0 Å². The summed E-state index contributed by atoms with van der Waals surface area (Å²) in [5.74, 6) is -1.75. The Morgan fingerprint density at radius 3 is 2.55 bits per heavy atom. The predicted octanol–water partition coefficient (Wildman–Crippen LogP) is 3.46. The molecular weight excluding hydrogens is 306 g/mol. The molecular formula is C16H12F2N2OS. The molecule has 0 unspecified atom stereocenters. The van der Waals surface area contributed by atoms with E-state index >= 15 is 0 Å². The summed E-state index contributed by atoms with van der Waals surface area (Å²) >= 11 is 0. The second kappa shape index (κ2) is 6.19. The number of nitrogens with zero attached hydrogens (tertiary/aromatic N) is 2. The van der Waals surface area contributed by atoms with Gasteiger partial charge in [0.05, 0.1) is 28.4 Å². The van der Waals surface area contributed by atoms with Gasteiger partial charge in [0, 0.05) is 16.7 Å². The van der Waals surface area contributed by atoms with Crippen LogP contribution in [-0.2, 0) is 16.6 Å². The maximum Gasteiger partial charge on any atom is 0.160 e. The quantitative estimate of drug-likeness (QED) is 0.738. The van der Waals surface area contributed by atoms with Crippen molar-refractivity contribution in [2.75, 3.05) is 0 Å². The van der Waals surface area contributed by atoms with Gasteiger partial charge in [0.1, 0.15) is 0 Å². The van der Waals surface area contributed by atoms with Gasteiger partial charge >= 0.3 is 0 Å². The zero-order valence-corrected chi connectivity index (χ0v) is 12.3. The first-order chi connectivity index (χ1) is 10.6. The molecule has 0 saturated carbocycles. The minimum atomic E-state index is -1.46. The van der Waals surface area contributed by atoms with Gasteiger partial charge in [-0.3, -0.25) is 4.21 Å². The molecule has 0 bridgehead atoms. The van der Waals surface area contributed by atoms with Crippen molar-refractivity contribution in [1.82, 2.24) is 9.78 Å². The Labute approximate surface area is 128 Å². The summed E-state index contributed by atoms with van der Waals surface area (Å²) in [5, 5.41) is 4.21. The first kappa shape index (κ1) is 14.6. The number of rotatable bonds is 4. The van der Waals surface area contributed by atoms with Gasteiger partial charge in [-0.05, 0) is 30.3 Å². The second-order valence-electron chi connectivity index (χ2n) is 4.69. The van der Waals surface area contributed by atoms with E-state index in [0.29, 0.717) is 0 Å². The van der Waals surface area contributed by atoms with Crippen molar-refractivity contribution in [1.29, 1.82) is 0 Å². The second-order valence-corrected chi connectivity index (χ2v) is 6.15. The minimum absolute atomic E-state index is 0.192. The van der Waals surface area contributed by atoms with Gasteiger partial charge in [0.25, 0.3) is 0 Å². The number of aromatic nitrogens is 2. The van der Waals surface area contributed by atoms with Crippen LogP contribution in [0.2, 0.25) is 0 Å². The summed E-state index contributed by atoms with van der Waals surface area (Å²) in [6.45, 7) is 0. The molecule has 1 atom stereocenters. The number of halogens is 2. The van der Waals surface area contributed by atoms with Crippen LogP contribution in [0.15, 0.2) is 65.8 Å². The lowest BCUT2D eigenvalue weighted by atomic mass is 10.3. The molecule has 0 fully saturated rings. The van der Waals surface area contributed by atoms with Gasteiger partial charge in [0.15, 0.2) is 11.6 Å². The molecule has 1 heterocycles. The zero-order valence-electron chi connectivity index (χ0n) is 11.4. The number of hydrogen-bond acceptors (Lipinski definition) is 2. The van der Waals surface area contributed by atoms with E-state index in [1.54, 1.807) is 17.1 Å². The van der Waals surface area contributed by atoms with E-state index in [1.165, 1.54) is 6.07 Å². The van der Waals surface area contributed by atoms with Gasteiger partial charge in [-0.25, -0.2) is 13.5 Å². The van der Waals surface area contributed by atoms with E-state index < -0.39 is 22.4 Å². The van der Waals surface area contributed by atoms with Gasteiger partial charge in [0.2, 0.25) is 0 Å². The molecule has 6 heteroatoms. The number of benzene rings is 2. The van der Waals surface area contributed by atoms with Gasteiger partial charge < -0.3 is 0 Å². The number of hydrogen-bond donors (Lipinski definition) is 0. The lowest BCUT2D eigenvalue weighted by Crippen LogP contribution is -1.98. The van der Waals surface area contributed by atoms with E-state index in [9.17, 15) is 13.0 Å².